The summed E-state index contributed by atoms with van der Waals surface area (Å²) < 4.78 is 1.79. The molecule has 122 valence electrons. The van der Waals surface area contributed by atoms with Crippen LogP contribution in [0.3, 0.4) is 0 Å². The van der Waals surface area contributed by atoms with Crippen LogP contribution in [-0.2, 0) is 23.7 Å². The van der Waals surface area contributed by atoms with Crippen molar-refractivity contribution in [3.8, 4) is 0 Å². The highest BCUT2D eigenvalue weighted by Gasteiger charge is 2.42. The summed E-state index contributed by atoms with van der Waals surface area (Å²) >= 11 is 0. The zero-order valence-corrected chi connectivity index (χ0v) is 14.0. The van der Waals surface area contributed by atoms with Crippen molar-refractivity contribution < 1.29 is 4.79 Å². The third kappa shape index (κ3) is 3.31. The molecular weight excluding hydrogens is 286 g/mol. The van der Waals surface area contributed by atoms with Crippen LogP contribution in [0.1, 0.15) is 42.4 Å². The average molecular weight is 311 g/mol. The summed E-state index contributed by atoms with van der Waals surface area (Å²) in [4.78, 5) is 12.9. The van der Waals surface area contributed by atoms with Crippen molar-refractivity contribution in [3.05, 3.63) is 53.3 Å². The minimum Gasteiger partial charge on any atom is -0.355 e. The molecule has 4 nitrogen and oxygen atoms in total. The van der Waals surface area contributed by atoms with Crippen LogP contribution < -0.4 is 5.32 Å². The fourth-order valence-electron chi connectivity index (χ4n) is 3.66. The van der Waals surface area contributed by atoms with Gasteiger partial charge in [0, 0.05) is 19.8 Å². The maximum absolute atomic E-state index is 12.9. The van der Waals surface area contributed by atoms with Crippen LogP contribution in [0, 0.1) is 6.92 Å². The van der Waals surface area contributed by atoms with Gasteiger partial charge in [-0.25, -0.2) is 0 Å². The van der Waals surface area contributed by atoms with E-state index in [-0.39, 0.29) is 11.3 Å². The number of carbonyl (C=O) groups excluding carboxylic acids is 1. The Morgan fingerprint density at radius 2 is 2.13 bits per heavy atom. The van der Waals surface area contributed by atoms with E-state index in [4.69, 9.17) is 0 Å². The smallest absolute Gasteiger partial charge is 0.230 e. The van der Waals surface area contributed by atoms with Crippen molar-refractivity contribution in [1.29, 1.82) is 0 Å². The predicted octanol–water partition coefficient (Wildman–Crippen LogP) is 2.90. The minimum absolute atomic E-state index is 0.185. The first kappa shape index (κ1) is 15.8. The minimum atomic E-state index is -0.332. The molecule has 0 atom stereocenters. The van der Waals surface area contributed by atoms with Gasteiger partial charge in [-0.2, -0.15) is 5.10 Å². The van der Waals surface area contributed by atoms with Crippen molar-refractivity contribution in [1.82, 2.24) is 15.1 Å². The number of hydrogen-bond acceptors (Lipinski definition) is 2. The second-order valence-electron chi connectivity index (χ2n) is 6.69. The van der Waals surface area contributed by atoms with Gasteiger partial charge < -0.3 is 5.32 Å². The summed E-state index contributed by atoms with van der Waals surface area (Å²) in [5, 5.41) is 7.33. The Bertz CT molecular complexity index is 683. The molecule has 1 saturated carbocycles. The predicted molar refractivity (Wildman–Crippen MR) is 91.2 cm³/mol. The summed E-state index contributed by atoms with van der Waals surface area (Å²) in [6, 6.07) is 8.44. The van der Waals surface area contributed by atoms with Crippen LogP contribution in [0.4, 0.5) is 0 Å². The van der Waals surface area contributed by atoms with E-state index in [0.29, 0.717) is 6.54 Å². The zero-order valence-electron chi connectivity index (χ0n) is 14.0. The highest BCUT2D eigenvalue weighted by molar-refractivity contribution is 5.88. The number of aromatic nitrogens is 2. The Balaban J connectivity index is 1.69. The van der Waals surface area contributed by atoms with Crippen LogP contribution in [0.25, 0.3) is 0 Å². The van der Waals surface area contributed by atoms with Gasteiger partial charge in [0.25, 0.3) is 0 Å². The lowest BCUT2D eigenvalue weighted by molar-refractivity contribution is -0.126. The Labute approximate surface area is 137 Å². The van der Waals surface area contributed by atoms with Crippen molar-refractivity contribution in [2.45, 2.75) is 44.4 Å². The van der Waals surface area contributed by atoms with Crippen molar-refractivity contribution >= 4 is 5.91 Å². The molecule has 2 aromatic rings. The third-order valence-electron chi connectivity index (χ3n) is 4.92. The summed E-state index contributed by atoms with van der Waals surface area (Å²) in [6.45, 7) is 2.75. The molecule has 0 aliphatic heterocycles. The molecule has 23 heavy (non-hydrogen) atoms. The van der Waals surface area contributed by atoms with Gasteiger partial charge in [-0.1, -0.05) is 42.7 Å². The largest absolute Gasteiger partial charge is 0.355 e. The van der Waals surface area contributed by atoms with E-state index in [1.807, 2.05) is 19.4 Å². The fraction of sp³-hybridized carbons (Fsp3) is 0.474. The molecule has 1 aliphatic rings. The number of amides is 1. The van der Waals surface area contributed by atoms with Crippen molar-refractivity contribution in [2.75, 3.05) is 6.54 Å². The molecule has 1 heterocycles. The molecule has 4 heteroatoms. The molecule has 1 fully saturated rings. The molecule has 0 bridgehead atoms. The average Bonchev–Trinajstić information content (AvgIpc) is 3.17. The number of hydrogen-bond donors (Lipinski definition) is 1. The first-order valence-corrected chi connectivity index (χ1v) is 8.43. The standard InChI is InChI=1S/C19H25N3O/c1-15-6-5-7-17(12-15)19(9-3-4-10-19)18(23)20-11-8-16-13-21-22(2)14-16/h5-7,12-14H,3-4,8-11H2,1-2H3,(H,20,23). The molecule has 1 amide bonds. The topological polar surface area (TPSA) is 46.9 Å². The number of nitrogens with zero attached hydrogens (tertiary/aromatic N) is 2. The summed E-state index contributed by atoms with van der Waals surface area (Å²) in [7, 11) is 1.91. The molecule has 1 N–H and O–H groups in total. The molecule has 0 radical (unpaired) electrons. The van der Waals surface area contributed by atoms with E-state index in [0.717, 1.165) is 37.7 Å². The van der Waals surface area contributed by atoms with Crippen LogP contribution in [0.2, 0.25) is 0 Å². The molecule has 0 unspecified atom stereocenters. The number of rotatable bonds is 5. The maximum Gasteiger partial charge on any atom is 0.230 e. The van der Waals surface area contributed by atoms with Crippen LogP contribution in [-0.4, -0.2) is 22.2 Å². The van der Waals surface area contributed by atoms with E-state index < -0.39 is 0 Å². The van der Waals surface area contributed by atoms with E-state index in [1.54, 1.807) is 4.68 Å². The monoisotopic (exact) mass is 311 g/mol. The molecule has 1 aromatic carbocycles. The first-order chi connectivity index (χ1) is 11.1. The van der Waals surface area contributed by atoms with Crippen LogP contribution >= 0.6 is 0 Å². The summed E-state index contributed by atoms with van der Waals surface area (Å²) in [6.07, 6.45) is 8.85. The Morgan fingerprint density at radius 3 is 2.78 bits per heavy atom. The number of nitrogens with one attached hydrogen (secondary N) is 1. The van der Waals surface area contributed by atoms with E-state index >= 15 is 0 Å². The van der Waals surface area contributed by atoms with Crippen LogP contribution in [0.5, 0.6) is 0 Å². The van der Waals surface area contributed by atoms with Gasteiger partial charge in [-0.15, -0.1) is 0 Å². The molecular formula is C19H25N3O. The Hall–Kier alpha value is -2.10. The van der Waals surface area contributed by atoms with Gasteiger partial charge in [0.05, 0.1) is 11.6 Å². The second-order valence-corrected chi connectivity index (χ2v) is 6.69. The normalized spacial score (nSPS) is 16.4. The highest BCUT2D eigenvalue weighted by atomic mass is 16.2. The lowest BCUT2D eigenvalue weighted by atomic mass is 9.77. The third-order valence-corrected chi connectivity index (χ3v) is 4.92. The van der Waals surface area contributed by atoms with Gasteiger partial charge >= 0.3 is 0 Å². The Kier molecular flexibility index (Phi) is 4.51. The van der Waals surface area contributed by atoms with Crippen LogP contribution in [0.15, 0.2) is 36.7 Å². The van der Waals surface area contributed by atoms with Gasteiger partial charge in [-0.05, 0) is 37.3 Å². The molecule has 0 saturated heterocycles. The quantitative estimate of drug-likeness (QED) is 0.923. The van der Waals surface area contributed by atoms with E-state index in [9.17, 15) is 4.79 Å². The maximum atomic E-state index is 12.9. The summed E-state index contributed by atoms with van der Waals surface area (Å²) in [5.41, 5.74) is 3.22. The lowest BCUT2D eigenvalue weighted by Crippen LogP contribution is -2.43. The van der Waals surface area contributed by atoms with Gasteiger partial charge in [0.1, 0.15) is 0 Å². The number of aryl methyl sites for hydroxylation is 2. The second kappa shape index (κ2) is 6.57. The van der Waals surface area contributed by atoms with Crippen molar-refractivity contribution in [3.63, 3.8) is 0 Å². The molecule has 3 rings (SSSR count). The fourth-order valence-corrected chi connectivity index (χ4v) is 3.66. The Morgan fingerprint density at radius 1 is 1.35 bits per heavy atom. The van der Waals surface area contributed by atoms with Gasteiger partial charge in [0.15, 0.2) is 0 Å². The molecule has 1 aromatic heterocycles. The van der Waals surface area contributed by atoms with Gasteiger partial charge in [-0.3, -0.25) is 9.48 Å². The van der Waals surface area contributed by atoms with E-state index in [2.05, 4.69) is 41.6 Å². The number of carbonyl (C=O) groups is 1. The zero-order chi connectivity index (χ0) is 16.3. The summed E-state index contributed by atoms with van der Waals surface area (Å²) in [5.74, 6) is 0.185. The van der Waals surface area contributed by atoms with Gasteiger partial charge in [0.2, 0.25) is 5.91 Å². The lowest BCUT2D eigenvalue weighted by Gasteiger charge is -2.28. The first-order valence-electron chi connectivity index (χ1n) is 8.43. The highest BCUT2D eigenvalue weighted by Crippen LogP contribution is 2.41. The SMILES string of the molecule is Cc1cccc(C2(C(=O)NCCc3cnn(C)c3)CCCC2)c1. The van der Waals surface area contributed by atoms with Crippen molar-refractivity contribution in [2.24, 2.45) is 7.05 Å². The number of benzene rings is 1. The molecule has 1 aliphatic carbocycles. The van der Waals surface area contributed by atoms with E-state index in [1.165, 1.54) is 11.1 Å². The molecule has 0 spiro atoms.